The number of halogens is 1. The lowest BCUT2D eigenvalue weighted by molar-refractivity contribution is 0.289. The standard InChI is InChI=1S/C13H14BrNOS/c1-9(6-8-16)17-13-11-3-2-4-12(14)10(11)5-7-15-13/h2-5,7,9,16H,6,8H2,1H3. The number of aliphatic hydroxyl groups excluding tert-OH is 1. The minimum atomic E-state index is 0.225. The summed E-state index contributed by atoms with van der Waals surface area (Å²) in [6.45, 7) is 2.34. The predicted octanol–water partition coefficient (Wildman–Crippen LogP) is 3.86. The lowest BCUT2D eigenvalue weighted by Crippen LogP contribution is -2.00. The fourth-order valence-corrected chi connectivity index (χ4v) is 3.20. The van der Waals surface area contributed by atoms with Crippen LogP contribution in [-0.4, -0.2) is 21.9 Å². The number of thioether (sulfide) groups is 1. The zero-order valence-electron chi connectivity index (χ0n) is 9.56. The van der Waals surface area contributed by atoms with Crippen molar-refractivity contribution in [2.24, 2.45) is 0 Å². The molecule has 0 aliphatic heterocycles. The van der Waals surface area contributed by atoms with Crippen molar-refractivity contribution in [3.63, 3.8) is 0 Å². The van der Waals surface area contributed by atoms with E-state index < -0.39 is 0 Å². The number of benzene rings is 1. The summed E-state index contributed by atoms with van der Waals surface area (Å²) >= 11 is 5.27. The highest BCUT2D eigenvalue weighted by Gasteiger charge is 2.09. The van der Waals surface area contributed by atoms with E-state index in [9.17, 15) is 0 Å². The van der Waals surface area contributed by atoms with Crippen LogP contribution in [0, 0.1) is 0 Å². The fraction of sp³-hybridized carbons (Fsp3) is 0.308. The van der Waals surface area contributed by atoms with Gasteiger partial charge in [-0.1, -0.05) is 35.0 Å². The predicted molar refractivity (Wildman–Crippen MR) is 76.5 cm³/mol. The molecule has 17 heavy (non-hydrogen) atoms. The summed E-state index contributed by atoms with van der Waals surface area (Å²) in [7, 11) is 0. The van der Waals surface area contributed by atoms with Crippen LogP contribution in [0.2, 0.25) is 0 Å². The number of pyridine rings is 1. The molecule has 1 heterocycles. The molecule has 0 aliphatic carbocycles. The van der Waals surface area contributed by atoms with Gasteiger partial charge in [-0.3, -0.25) is 0 Å². The Morgan fingerprint density at radius 1 is 1.35 bits per heavy atom. The van der Waals surface area contributed by atoms with Gasteiger partial charge in [0.1, 0.15) is 5.03 Å². The van der Waals surface area contributed by atoms with Crippen LogP contribution in [0.15, 0.2) is 40.0 Å². The Hall–Kier alpha value is -0.580. The highest BCUT2D eigenvalue weighted by Crippen LogP contribution is 2.32. The molecule has 0 aliphatic rings. The van der Waals surface area contributed by atoms with Crippen molar-refractivity contribution < 1.29 is 5.11 Å². The lowest BCUT2D eigenvalue weighted by Gasteiger charge is -2.11. The quantitative estimate of drug-likeness (QED) is 0.870. The van der Waals surface area contributed by atoms with Crippen LogP contribution in [0.5, 0.6) is 0 Å². The van der Waals surface area contributed by atoms with Crippen molar-refractivity contribution in [1.82, 2.24) is 4.98 Å². The summed E-state index contributed by atoms with van der Waals surface area (Å²) in [5.41, 5.74) is 0. The van der Waals surface area contributed by atoms with Gasteiger partial charge in [0.25, 0.3) is 0 Å². The highest BCUT2D eigenvalue weighted by molar-refractivity contribution is 9.10. The molecule has 1 N–H and O–H groups in total. The third-order valence-electron chi connectivity index (χ3n) is 2.56. The SMILES string of the molecule is CC(CCO)Sc1nccc2c(Br)cccc12. The Morgan fingerprint density at radius 2 is 2.18 bits per heavy atom. The van der Waals surface area contributed by atoms with E-state index in [0.29, 0.717) is 5.25 Å². The molecule has 0 radical (unpaired) electrons. The molecule has 90 valence electrons. The number of aliphatic hydroxyl groups is 1. The maximum atomic E-state index is 8.93. The van der Waals surface area contributed by atoms with Crippen molar-refractivity contribution >= 4 is 38.5 Å². The average Bonchev–Trinajstić information content (AvgIpc) is 2.31. The second-order valence-electron chi connectivity index (χ2n) is 3.89. The monoisotopic (exact) mass is 311 g/mol. The van der Waals surface area contributed by atoms with Gasteiger partial charge in [-0.25, -0.2) is 4.98 Å². The Bertz CT molecular complexity index is 518. The zero-order valence-corrected chi connectivity index (χ0v) is 12.0. The number of aromatic nitrogens is 1. The topological polar surface area (TPSA) is 33.1 Å². The van der Waals surface area contributed by atoms with E-state index in [1.165, 1.54) is 5.39 Å². The van der Waals surface area contributed by atoms with Gasteiger partial charge in [-0.2, -0.15) is 0 Å². The Labute approximate surface area is 114 Å². The lowest BCUT2D eigenvalue weighted by atomic mass is 10.2. The first kappa shape index (κ1) is 12.9. The van der Waals surface area contributed by atoms with Crippen molar-refractivity contribution in [3.8, 4) is 0 Å². The van der Waals surface area contributed by atoms with Crippen LogP contribution < -0.4 is 0 Å². The number of rotatable bonds is 4. The van der Waals surface area contributed by atoms with Gasteiger partial charge < -0.3 is 5.11 Å². The van der Waals surface area contributed by atoms with E-state index in [1.54, 1.807) is 11.8 Å². The van der Waals surface area contributed by atoms with Crippen molar-refractivity contribution in [3.05, 3.63) is 34.9 Å². The smallest absolute Gasteiger partial charge is 0.104 e. The summed E-state index contributed by atoms with van der Waals surface area (Å²) in [6, 6.07) is 8.16. The molecule has 1 aromatic carbocycles. The molecule has 0 amide bonds. The van der Waals surface area contributed by atoms with Gasteiger partial charge in [0.05, 0.1) is 0 Å². The highest BCUT2D eigenvalue weighted by atomic mass is 79.9. The summed E-state index contributed by atoms with van der Waals surface area (Å²) in [6.07, 6.45) is 2.62. The van der Waals surface area contributed by atoms with Gasteiger partial charge >= 0.3 is 0 Å². The Morgan fingerprint density at radius 3 is 2.94 bits per heavy atom. The van der Waals surface area contributed by atoms with Gasteiger partial charge in [0, 0.05) is 33.3 Å². The molecule has 2 rings (SSSR count). The molecule has 0 bridgehead atoms. The Balaban J connectivity index is 2.37. The summed E-state index contributed by atoms with van der Waals surface area (Å²) in [4.78, 5) is 4.43. The van der Waals surface area contributed by atoms with E-state index in [0.717, 1.165) is 21.3 Å². The number of fused-ring (bicyclic) bond motifs is 1. The summed E-state index contributed by atoms with van der Waals surface area (Å²) < 4.78 is 1.09. The van der Waals surface area contributed by atoms with Crippen LogP contribution in [0.1, 0.15) is 13.3 Å². The number of hydrogen-bond donors (Lipinski definition) is 1. The molecule has 0 fully saturated rings. The molecule has 2 nitrogen and oxygen atoms in total. The molecule has 1 aromatic heterocycles. The second kappa shape index (κ2) is 5.85. The van der Waals surface area contributed by atoms with Crippen LogP contribution in [0.25, 0.3) is 10.8 Å². The van der Waals surface area contributed by atoms with Crippen LogP contribution in [0.3, 0.4) is 0 Å². The van der Waals surface area contributed by atoms with Gasteiger partial charge in [0.15, 0.2) is 0 Å². The first-order valence-corrected chi connectivity index (χ1v) is 7.20. The number of nitrogens with zero attached hydrogens (tertiary/aromatic N) is 1. The zero-order chi connectivity index (χ0) is 12.3. The minimum absolute atomic E-state index is 0.225. The van der Waals surface area contributed by atoms with Crippen molar-refractivity contribution in [1.29, 1.82) is 0 Å². The molecule has 1 unspecified atom stereocenters. The minimum Gasteiger partial charge on any atom is -0.396 e. The second-order valence-corrected chi connectivity index (χ2v) is 6.17. The molecule has 0 spiro atoms. The largest absolute Gasteiger partial charge is 0.396 e. The molecule has 0 saturated carbocycles. The van der Waals surface area contributed by atoms with E-state index in [1.807, 2.05) is 24.4 Å². The third kappa shape index (κ3) is 3.00. The van der Waals surface area contributed by atoms with Gasteiger partial charge in [-0.05, 0) is 18.6 Å². The van der Waals surface area contributed by atoms with Crippen LogP contribution in [0.4, 0.5) is 0 Å². The van der Waals surface area contributed by atoms with E-state index in [2.05, 4.69) is 33.9 Å². The summed E-state index contributed by atoms with van der Waals surface area (Å²) in [5, 5.41) is 12.7. The summed E-state index contributed by atoms with van der Waals surface area (Å²) in [5.74, 6) is 0. The molecule has 4 heteroatoms. The van der Waals surface area contributed by atoms with E-state index >= 15 is 0 Å². The van der Waals surface area contributed by atoms with Crippen molar-refractivity contribution in [2.75, 3.05) is 6.61 Å². The van der Waals surface area contributed by atoms with Gasteiger partial charge in [-0.15, -0.1) is 11.8 Å². The molecule has 2 aromatic rings. The molecule has 0 saturated heterocycles. The first-order valence-electron chi connectivity index (χ1n) is 5.53. The Kier molecular flexibility index (Phi) is 4.42. The number of hydrogen-bond acceptors (Lipinski definition) is 3. The van der Waals surface area contributed by atoms with Crippen LogP contribution in [-0.2, 0) is 0 Å². The molecular formula is C13H14BrNOS. The average molecular weight is 312 g/mol. The fourth-order valence-electron chi connectivity index (χ4n) is 1.67. The van der Waals surface area contributed by atoms with E-state index in [-0.39, 0.29) is 6.61 Å². The maximum absolute atomic E-state index is 8.93. The normalized spacial score (nSPS) is 12.9. The first-order chi connectivity index (χ1) is 8.22. The molecule has 1 atom stereocenters. The molecular weight excluding hydrogens is 298 g/mol. The van der Waals surface area contributed by atoms with Gasteiger partial charge in [0.2, 0.25) is 0 Å². The van der Waals surface area contributed by atoms with Crippen LogP contribution >= 0.6 is 27.7 Å². The third-order valence-corrected chi connectivity index (χ3v) is 4.44. The van der Waals surface area contributed by atoms with Crippen molar-refractivity contribution in [2.45, 2.75) is 23.6 Å². The van der Waals surface area contributed by atoms with E-state index in [4.69, 9.17) is 5.11 Å². The maximum Gasteiger partial charge on any atom is 0.104 e.